The summed E-state index contributed by atoms with van der Waals surface area (Å²) in [7, 11) is 0. The number of nitrogens with zero attached hydrogens (tertiary/aromatic N) is 1. The molecule has 7 heteroatoms. The largest absolute Gasteiger partial charge is 0.394 e. The van der Waals surface area contributed by atoms with E-state index in [-0.39, 0.29) is 31.1 Å². The number of ether oxygens (including phenoxy) is 1. The molecule has 1 atom stereocenters. The summed E-state index contributed by atoms with van der Waals surface area (Å²) in [5.74, 6) is -0.223. The van der Waals surface area contributed by atoms with Gasteiger partial charge < -0.3 is 20.5 Å². The summed E-state index contributed by atoms with van der Waals surface area (Å²) < 4.78 is 18.7. The summed E-state index contributed by atoms with van der Waals surface area (Å²) in [4.78, 5) is 14.8. The van der Waals surface area contributed by atoms with Gasteiger partial charge in [-0.25, -0.2) is 9.18 Å². The fourth-order valence-corrected chi connectivity index (χ4v) is 4.06. The number of nitrogens with one attached hydrogen (secondary N) is 2. The number of halogens is 1. The summed E-state index contributed by atoms with van der Waals surface area (Å²) in [6.07, 6.45) is 0.890. The van der Waals surface area contributed by atoms with Crippen molar-refractivity contribution >= 4 is 22.5 Å². The summed E-state index contributed by atoms with van der Waals surface area (Å²) >= 11 is 0. The third-order valence-electron chi connectivity index (χ3n) is 5.57. The maximum Gasteiger partial charge on any atom is 0.319 e. The van der Waals surface area contributed by atoms with Crippen LogP contribution >= 0.6 is 0 Å². The van der Waals surface area contributed by atoms with E-state index >= 15 is 0 Å². The SMILES string of the molecule is O=C(Nc1cccc(COCCO)c1)N[C@@H]1CCN(Cc2ccc3cc(F)ccc3c2)C1. The highest BCUT2D eigenvalue weighted by Gasteiger charge is 2.24. The normalized spacial score (nSPS) is 16.4. The Hall–Kier alpha value is -3.00. The van der Waals surface area contributed by atoms with E-state index in [1.807, 2.05) is 36.4 Å². The van der Waals surface area contributed by atoms with Crippen molar-refractivity contribution in [3.8, 4) is 0 Å². The molecule has 1 fully saturated rings. The van der Waals surface area contributed by atoms with E-state index in [1.165, 1.54) is 11.6 Å². The summed E-state index contributed by atoms with van der Waals surface area (Å²) in [6, 6.07) is 18.3. The minimum Gasteiger partial charge on any atom is -0.394 e. The maximum absolute atomic E-state index is 13.4. The van der Waals surface area contributed by atoms with E-state index in [2.05, 4.69) is 21.6 Å². The first-order chi connectivity index (χ1) is 15.6. The Kier molecular flexibility index (Phi) is 7.32. The van der Waals surface area contributed by atoms with Crippen LogP contribution in [0.2, 0.25) is 0 Å². The quantitative estimate of drug-likeness (QED) is 0.468. The van der Waals surface area contributed by atoms with Crippen LogP contribution in [-0.4, -0.2) is 48.4 Å². The number of carbonyl (C=O) groups excluding carboxylic acids is 1. The molecule has 0 aliphatic carbocycles. The molecule has 0 spiro atoms. The van der Waals surface area contributed by atoms with Crippen molar-refractivity contribution in [2.45, 2.75) is 25.6 Å². The molecule has 168 valence electrons. The molecule has 3 aromatic rings. The van der Waals surface area contributed by atoms with Crippen molar-refractivity contribution in [1.29, 1.82) is 0 Å². The number of fused-ring (bicyclic) bond motifs is 1. The molecule has 1 saturated heterocycles. The molecule has 4 rings (SSSR count). The molecule has 0 saturated carbocycles. The Morgan fingerprint density at radius 1 is 1.09 bits per heavy atom. The van der Waals surface area contributed by atoms with Gasteiger partial charge in [0.25, 0.3) is 0 Å². The van der Waals surface area contributed by atoms with Gasteiger partial charge in [-0.1, -0.05) is 30.3 Å². The van der Waals surface area contributed by atoms with Gasteiger partial charge in [-0.05, 0) is 58.7 Å². The number of urea groups is 1. The summed E-state index contributed by atoms with van der Waals surface area (Å²) in [6.45, 7) is 3.14. The number of hydrogen-bond acceptors (Lipinski definition) is 4. The van der Waals surface area contributed by atoms with Gasteiger partial charge in [0.05, 0.1) is 19.8 Å². The second-order valence-electron chi connectivity index (χ2n) is 8.12. The zero-order valence-electron chi connectivity index (χ0n) is 17.9. The third-order valence-corrected chi connectivity index (χ3v) is 5.57. The number of carbonyl (C=O) groups is 1. The first kappa shape index (κ1) is 22.2. The van der Waals surface area contributed by atoms with Gasteiger partial charge in [0, 0.05) is 31.4 Å². The van der Waals surface area contributed by atoms with Crippen LogP contribution in [-0.2, 0) is 17.9 Å². The lowest BCUT2D eigenvalue weighted by atomic mass is 10.1. The van der Waals surface area contributed by atoms with Crippen LogP contribution in [0.25, 0.3) is 10.8 Å². The first-order valence-electron chi connectivity index (χ1n) is 10.8. The zero-order valence-corrected chi connectivity index (χ0v) is 17.9. The second-order valence-corrected chi connectivity index (χ2v) is 8.12. The molecule has 1 aliphatic rings. The van der Waals surface area contributed by atoms with Crippen LogP contribution in [0.5, 0.6) is 0 Å². The zero-order chi connectivity index (χ0) is 22.3. The van der Waals surface area contributed by atoms with Crippen molar-refractivity contribution in [3.05, 3.63) is 77.6 Å². The van der Waals surface area contributed by atoms with Crippen molar-refractivity contribution in [1.82, 2.24) is 10.2 Å². The Labute approximate surface area is 187 Å². The van der Waals surface area contributed by atoms with Crippen LogP contribution in [0.15, 0.2) is 60.7 Å². The van der Waals surface area contributed by atoms with Gasteiger partial charge in [0.15, 0.2) is 0 Å². The molecular formula is C25H28FN3O3. The molecule has 0 bridgehead atoms. The molecule has 1 aliphatic heterocycles. The van der Waals surface area contributed by atoms with Crippen molar-refractivity contribution in [2.24, 2.45) is 0 Å². The number of rotatable bonds is 8. The van der Waals surface area contributed by atoms with Gasteiger partial charge in [-0.2, -0.15) is 0 Å². The van der Waals surface area contributed by atoms with Crippen molar-refractivity contribution in [3.63, 3.8) is 0 Å². The lowest BCUT2D eigenvalue weighted by molar-refractivity contribution is 0.0816. The molecule has 0 aromatic heterocycles. The number of benzene rings is 3. The number of anilines is 1. The lowest BCUT2D eigenvalue weighted by Crippen LogP contribution is -2.39. The predicted octanol–water partition coefficient (Wildman–Crippen LogP) is 3.88. The van der Waals surface area contributed by atoms with Crippen LogP contribution in [0.3, 0.4) is 0 Å². The Balaban J connectivity index is 1.26. The minimum atomic E-state index is -0.224. The van der Waals surface area contributed by atoms with Gasteiger partial charge >= 0.3 is 6.03 Å². The molecule has 3 N–H and O–H groups in total. The number of likely N-dealkylation sites (tertiary alicyclic amines) is 1. The maximum atomic E-state index is 13.4. The highest BCUT2D eigenvalue weighted by molar-refractivity contribution is 5.89. The van der Waals surface area contributed by atoms with E-state index in [9.17, 15) is 9.18 Å². The lowest BCUT2D eigenvalue weighted by Gasteiger charge is -2.17. The average molecular weight is 438 g/mol. The summed E-state index contributed by atoms with van der Waals surface area (Å²) in [5.41, 5.74) is 2.81. The average Bonchev–Trinajstić information content (AvgIpc) is 3.20. The van der Waals surface area contributed by atoms with E-state index in [1.54, 1.807) is 12.1 Å². The number of hydrogen-bond donors (Lipinski definition) is 3. The fourth-order valence-electron chi connectivity index (χ4n) is 4.06. The number of amides is 2. The Morgan fingerprint density at radius 2 is 1.94 bits per heavy atom. The molecule has 1 heterocycles. The monoisotopic (exact) mass is 437 g/mol. The molecule has 0 unspecified atom stereocenters. The van der Waals surface area contributed by atoms with E-state index in [4.69, 9.17) is 9.84 Å². The van der Waals surface area contributed by atoms with Crippen LogP contribution in [0.4, 0.5) is 14.9 Å². The highest BCUT2D eigenvalue weighted by atomic mass is 19.1. The smallest absolute Gasteiger partial charge is 0.319 e. The predicted molar refractivity (Wildman–Crippen MR) is 123 cm³/mol. The topological polar surface area (TPSA) is 73.8 Å². The van der Waals surface area contributed by atoms with Gasteiger partial charge in [-0.15, -0.1) is 0 Å². The standard InChI is InChI=1S/C25H28FN3O3/c26-22-7-6-20-12-18(4-5-21(20)14-22)15-29-9-8-24(16-29)28-25(31)27-23-3-1-2-19(13-23)17-32-11-10-30/h1-7,12-14,24,30H,8-11,15-17H2,(H2,27,28,31)/t24-/m1/s1. The Morgan fingerprint density at radius 3 is 2.81 bits per heavy atom. The van der Waals surface area contributed by atoms with Gasteiger partial charge in [0.1, 0.15) is 5.82 Å². The van der Waals surface area contributed by atoms with E-state index in [0.29, 0.717) is 12.3 Å². The fraction of sp³-hybridized carbons (Fsp3) is 0.320. The molecule has 2 amide bonds. The Bertz CT molecular complexity index is 1080. The highest BCUT2D eigenvalue weighted by Crippen LogP contribution is 2.20. The van der Waals surface area contributed by atoms with Gasteiger partial charge in [-0.3, -0.25) is 4.90 Å². The first-order valence-corrected chi connectivity index (χ1v) is 10.8. The molecule has 32 heavy (non-hydrogen) atoms. The number of aliphatic hydroxyl groups excluding tert-OH is 1. The molecule has 6 nitrogen and oxygen atoms in total. The summed E-state index contributed by atoms with van der Waals surface area (Å²) in [5, 5.41) is 16.7. The van der Waals surface area contributed by atoms with Crippen molar-refractivity contribution in [2.75, 3.05) is 31.6 Å². The molecule has 0 radical (unpaired) electrons. The van der Waals surface area contributed by atoms with Gasteiger partial charge in [0.2, 0.25) is 0 Å². The van der Waals surface area contributed by atoms with E-state index in [0.717, 1.165) is 42.4 Å². The van der Waals surface area contributed by atoms with Crippen molar-refractivity contribution < 1.29 is 19.0 Å². The van der Waals surface area contributed by atoms with E-state index < -0.39 is 0 Å². The third kappa shape index (κ3) is 6.03. The second kappa shape index (κ2) is 10.5. The van der Waals surface area contributed by atoms with Crippen LogP contribution in [0.1, 0.15) is 17.5 Å². The molecular weight excluding hydrogens is 409 g/mol. The van der Waals surface area contributed by atoms with Crippen LogP contribution < -0.4 is 10.6 Å². The molecule has 3 aromatic carbocycles. The minimum absolute atomic E-state index is 0.0143. The number of aliphatic hydroxyl groups is 1. The van der Waals surface area contributed by atoms with Crippen LogP contribution in [0, 0.1) is 5.82 Å².